The summed E-state index contributed by atoms with van der Waals surface area (Å²) in [4.78, 5) is 36.3. The molecule has 29 heavy (non-hydrogen) atoms. The summed E-state index contributed by atoms with van der Waals surface area (Å²) in [6.45, 7) is 3.34. The second-order valence-corrected chi connectivity index (χ2v) is 7.00. The first-order chi connectivity index (χ1) is 13.8. The number of halogens is 1. The van der Waals surface area contributed by atoms with E-state index >= 15 is 0 Å². The van der Waals surface area contributed by atoms with Gasteiger partial charge in [0.25, 0.3) is 17.5 Å². The van der Waals surface area contributed by atoms with Crippen molar-refractivity contribution in [3.63, 3.8) is 0 Å². The number of non-ortho nitro benzene ring substituents is 1. The van der Waals surface area contributed by atoms with Crippen molar-refractivity contribution in [3.05, 3.63) is 67.4 Å². The molecule has 0 saturated heterocycles. The van der Waals surface area contributed by atoms with Gasteiger partial charge in [-0.3, -0.25) is 24.6 Å². The maximum atomic E-state index is 12.7. The molecule has 0 radical (unpaired) electrons. The maximum Gasteiger partial charge on any atom is 0.271 e. The fourth-order valence-corrected chi connectivity index (χ4v) is 3.51. The molecule has 2 amide bonds. The molecule has 0 unspecified atom stereocenters. The molecule has 0 fully saturated rings. The van der Waals surface area contributed by atoms with Crippen LogP contribution in [0.25, 0.3) is 17.4 Å². The molecule has 0 spiro atoms. The highest BCUT2D eigenvalue weighted by molar-refractivity contribution is 9.10. The van der Waals surface area contributed by atoms with Crippen molar-refractivity contribution in [3.8, 4) is 17.4 Å². The Morgan fingerprint density at radius 2 is 2.00 bits per heavy atom. The molecule has 0 N–H and O–H groups in total. The van der Waals surface area contributed by atoms with E-state index in [1.54, 1.807) is 32.0 Å². The average molecular weight is 456 g/mol. The lowest BCUT2D eigenvalue weighted by atomic mass is 9.95. The van der Waals surface area contributed by atoms with Crippen molar-refractivity contribution >= 4 is 39.5 Å². The van der Waals surface area contributed by atoms with E-state index in [9.17, 15) is 25.0 Å². The van der Waals surface area contributed by atoms with Crippen LogP contribution in [0, 0.1) is 21.4 Å². The Bertz CT molecular complexity index is 1150. The SMILES string of the molecule is CCN1C(=O)C(C#N)=C(C)/C(=C\c2ccc(-c3ccc([N+](=O)[O-])cc3Br)o2)C1=O. The molecular formula is C20H14BrN3O5. The highest BCUT2D eigenvalue weighted by Gasteiger charge is 2.34. The van der Waals surface area contributed by atoms with Gasteiger partial charge >= 0.3 is 0 Å². The zero-order valence-electron chi connectivity index (χ0n) is 15.4. The van der Waals surface area contributed by atoms with E-state index in [0.29, 0.717) is 27.1 Å². The van der Waals surface area contributed by atoms with Crippen molar-refractivity contribution in [2.75, 3.05) is 6.54 Å². The van der Waals surface area contributed by atoms with Crippen molar-refractivity contribution in [2.24, 2.45) is 0 Å². The van der Waals surface area contributed by atoms with Gasteiger partial charge in [0.2, 0.25) is 0 Å². The molecule has 2 aromatic rings. The summed E-state index contributed by atoms with van der Waals surface area (Å²) in [5.74, 6) is -0.323. The molecule has 1 aromatic heterocycles. The van der Waals surface area contributed by atoms with Gasteiger partial charge in [0, 0.05) is 34.3 Å². The minimum absolute atomic E-state index is 0.0588. The number of likely N-dealkylation sites (N-methyl/N-ethyl adjacent to an activating group) is 1. The highest BCUT2D eigenvalue weighted by Crippen LogP contribution is 2.34. The van der Waals surface area contributed by atoms with E-state index in [4.69, 9.17) is 4.42 Å². The zero-order valence-corrected chi connectivity index (χ0v) is 17.0. The molecular weight excluding hydrogens is 442 g/mol. The number of benzene rings is 1. The predicted octanol–water partition coefficient (Wildman–Crippen LogP) is 4.23. The van der Waals surface area contributed by atoms with Crippen LogP contribution in [0.1, 0.15) is 19.6 Å². The van der Waals surface area contributed by atoms with E-state index in [2.05, 4.69) is 15.9 Å². The molecule has 2 heterocycles. The Balaban J connectivity index is 2.03. The molecule has 0 atom stereocenters. The maximum absolute atomic E-state index is 12.7. The van der Waals surface area contributed by atoms with Gasteiger partial charge in [0.05, 0.1) is 4.92 Å². The summed E-state index contributed by atoms with van der Waals surface area (Å²) >= 11 is 3.30. The standard InChI is InChI=1S/C20H14BrN3O5/c1-3-23-19(25)15(11(2)16(10-22)20(23)26)9-13-5-7-18(29-13)14-6-4-12(24(27)28)8-17(14)21/h4-9H,3H2,1-2H3/b15-9+. The first-order valence-corrected chi connectivity index (χ1v) is 9.31. The highest BCUT2D eigenvalue weighted by atomic mass is 79.9. The number of carbonyl (C=O) groups excluding carboxylic acids is 2. The topological polar surface area (TPSA) is 117 Å². The fraction of sp³-hybridized carbons (Fsp3) is 0.150. The molecule has 146 valence electrons. The number of imide groups is 1. The molecule has 0 saturated carbocycles. The molecule has 9 heteroatoms. The molecule has 1 aliphatic heterocycles. The lowest BCUT2D eigenvalue weighted by molar-refractivity contribution is -0.384. The summed E-state index contributed by atoms with van der Waals surface area (Å²) < 4.78 is 6.26. The number of nitro groups is 1. The van der Waals surface area contributed by atoms with Crippen LogP contribution in [0.2, 0.25) is 0 Å². The van der Waals surface area contributed by atoms with Crippen molar-refractivity contribution in [2.45, 2.75) is 13.8 Å². The van der Waals surface area contributed by atoms with Crippen LogP contribution in [-0.4, -0.2) is 28.2 Å². The lowest BCUT2D eigenvalue weighted by Crippen LogP contribution is -2.42. The van der Waals surface area contributed by atoms with E-state index in [0.717, 1.165) is 4.90 Å². The summed E-state index contributed by atoms with van der Waals surface area (Å²) in [7, 11) is 0. The number of nitriles is 1. The normalized spacial score (nSPS) is 15.8. The van der Waals surface area contributed by atoms with Crippen molar-refractivity contribution in [1.29, 1.82) is 5.26 Å². The van der Waals surface area contributed by atoms with E-state index in [-0.39, 0.29) is 23.4 Å². The number of amides is 2. The second kappa shape index (κ2) is 7.85. The Morgan fingerprint density at radius 1 is 1.28 bits per heavy atom. The molecule has 0 bridgehead atoms. The van der Waals surface area contributed by atoms with Crippen LogP contribution in [0.15, 0.2) is 55.9 Å². The smallest absolute Gasteiger partial charge is 0.271 e. The van der Waals surface area contributed by atoms with Gasteiger partial charge in [0.1, 0.15) is 23.2 Å². The number of nitrogens with zero attached hydrogens (tertiary/aromatic N) is 3. The number of rotatable bonds is 4. The predicted molar refractivity (Wildman–Crippen MR) is 107 cm³/mol. The van der Waals surface area contributed by atoms with E-state index in [1.165, 1.54) is 18.2 Å². The van der Waals surface area contributed by atoms with Crippen LogP contribution >= 0.6 is 15.9 Å². The van der Waals surface area contributed by atoms with Gasteiger partial charge in [-0.25, -0.2) is 0 Å². The third-order valence-corrected chi connectivity index (χ3v) is 5.14. The molecule has 3 rings (SSSR count). The van der Waals surface area contributed by atoms with Gasteiger partial charge in [0.15, 0.2) is 0 Å². The fourth-order valence-electron chi connectivity index (χ4n) is 2.95. The number of hydrogen-bond donors (Lipinski definition) is 0. The van der Waals surface area contributed by atoms with Crippen LogP contribution in [0.5, 0.6) is 0 Å². The largest absolute Gasteiger partial charge is 0.457 e. The number of furan rings is 1. The monoisotopic (exact) mass is 455 g/mol. The Labute approximate surface area is 174 Å². The van der Waals surface area contributed by atoms with E-state index < -0.39 is 16.7 Å². The van der Waals surface area contributed by atoms with Crippen molar-refractivity contribution in [1.82, 2.24) is 4.90 Å². The zero-order chi connectivity index (χ0) is 21.3. The molecule has 0 aliphatic carbocycles. The number of carbonyl (C=O) groups is 2. The minimum atomic E-state index is -0.607. The third kappa shape index (κ3) is 3.62. The molecule has 1 aliphatic rings. The van der Waals surface area contributed by atoms with Crippen molar-refractivity contribution < 1.29 is 18.9 Å². The van der Waals surface area contributed by atoms with Gasteiger partial charge in [-0.05, 0) is 59.6 Å². The third-order valence-electron chi connectivity index (χ3n) is 4.48. The first kappa shape index (κ1) is 20.2. The summed E-state index contributed by atoms with van der Waals surface area (Å²) in [6.07, 6.45) is 1.48. The quantitative estimate of drug-likeness (QED) is 0.294. The van der Waals surface area contributed by atoms with Gasteiger partial charge in [-0.2, -0.15) is 5.26 Å². The van der Waals surface area contributed by atoms with Crippen LogP contribution in [0.3, 0.4) is 0 Å². The number of hydrogen-bond acceptors (Lipinski definition) is 6. The van der Waals surface area contributed by atoms with Crippen LogP contribution < -0.4 is 0 Å². The van der Waals surface area contributed by atoms with Gasteiger partial charge in [-0.15, -0.1) is 0 Å². The second-order valence-electron chi connectivity index (χ2n) is 6.15. The summed E-state index contributed by atoms with van der Waals surface area (Å²) in [6, 6.07) is 9.45. The molecule has 8 nitrogen and oxygen atoms in total. The Morgan fingerprint density at radius 3 is 2.59 bits per heavy atom. The minimum Gasteiger partial charge on any atom is -0.457 e. The Hall–Kier alpha value is -3.51. The van der Waals surface area contributed by atoms with Gasteiger partial charge < -0.3 is 4.42 Å². The Kier molecular flexibility index (Phi) is 5.48. The van der Waals surface area contributed by atoms with Gasteiger partial charge in [-0.1, -0.05) is 0 Å². The average Bonchev–Trinajstić information content (AvgIpc) is 3.14. The van der Waals surface area contributed by atoms with E-state index in [1.807, 2.05) is 6.07 Å². The number of nitro benzene ring substituents is 1. The first-order valence-electron chi connectivity index (χ1n) is 8.51. The lowest BCUT2D eigenvalue weighted by Gasteiger charge is -2.25. The summed E-state index contributed by atoms with van der Waals surface area (Å²) in [5.41, 5.74) is 0.956. The molecule has 1 aromatic carbocycles. The van der Waals surface area contributed by atoms with Crippen LogP contribution in [-0.2, 0) is 9.59 Å². The van der Waals surface area contributed by atoms with Crippen LogP contribution in [0.4, 0.5) is 5.69 Å². The summed E-state index contributed by atoms with van der Waals surface area (Å²) in [5, 5.41) is 20.2.